The van der Waals surface area contributed by atoms with Crippen molar-refractivity contribution >= 4 is 19.7 Å². The number of amides is 1. The molecule has 2 aliphatic carbocycles. The Bertz CT molecular complexity index is 744. The molecule has 5 nitrogen and oxygen atoms in total. The number of halogens is 3. The summed E-state index contributed by atoms with van der Waals surface area (Å²) in [6, 6.07) is 0. The van der Waals surface area contributed by atoms with Gasteiger partial charge in [-0.2, -0.15) is 13.2 Å². The Morgan fingerprint density at radius 2 is 2.00 bits per heavy atom. The van der Waals surface area contributed by atoms with E-state index in [-0.39, 0.29) is 30.8 Å². The Balaban J connectivity index is 1.62. The minimum Gasteiger partial charge on any atom is -0.481 e. The van der Waals surface area contributed by atoms with Crippen LogP contribution < -0.4 is 5.32 Å². The Hall–Kier alpha value is -2.19. The maximum absolute atomic E-state index is 13.0. The van der Waals surface area contributed by atoms with Crippen LogP contribution in [-0.4, -0.2) is 37.1 Å². The van der Waals surface area contributed by atoms with E-state index >= 15 is 0 Å². The summed E-state index contributed by atoms with van der Waals surface area (Å²) in [5.41, 5.74) is 0.750. The Kier molecular flexibility index (Phi) is 5.91. The number of aliphatic carboxylic acids is 1. The average molecular weight is 395 g/mol. The molecule has 0 aromatic heterocycles. The van der Waals surface area contributed by atoms with Crippen molar-refractivity contribution < 1.29 is 32.6 Å². The normalized spacial score (nSPS) is 30.6. The van der Waals surface area contributed by atoms with Gasteiger partial charge in [0.1, 0.15) is 5.76 Å². The first kappa shape index (κ1) is 20.5. The molecule has 0 saturated carbocycles. The van der Waals surface area contributed by atoms with Gasteiger partial charge in [0, 0.05) is 12.1 Å². The lowest BCUT2D eigenvalue weighted by Gasteiger charge is -2.27. The summed E-state index contributed by atoms with van der Waals surface area (Å²) in [4.78, 5) is 23.9. The minimum atomic E-state index is -4.29. The van der Waals surface area contributed by atoms with Crippen molar-refractivity contribution in [2.45, 2.75) is 56.6 Å². The van der Waals surface area contributed by atoms with Crippen LogP contribution in [0.2, 0.25) is 5.82 Å². The number of hydrogen-bond acceptors (Lipinski definition) is 3. The molecule has 1 heterocycles. The van der Waals surface area contributed by atoms with Crippen molar-refractivity contribution in [2.75, 3.05) is 0 Å². The monoisotopic (exact) mass is 395 g/mol. The molecular formula is C19H21BF3NO4. The maximum atomic E-state index is 13.0. The topological polar surface area (TPSA) is 75.6 Å². The summed E-state index contributed by atoms with van der Waals surface area (Å²) < 4.78 is 44.5. The molecule has 2 N–H and O–H groups in total. The van der Waals surface area contributed by atoms with E-state index in [1.165, 1.54) is 6.08 Å². The van der Waals surface area contributed by atoms with Gasteiger partial charge in [-0.25, -0.2) is 0 Å². The number of carboxylic acids is 1. The summed E-state index contributed by atoms with van der Waals surface area (Å²) in [5.74, 6) is -3.95. The molecule has 0 bridgehead atoms. The summed E-state index contributed by atoms with van der Waals surface area (Å²) in [5, 5.41) is 11.9. The molecule has 4 atom stereocenters. The quantitative estimate of drug-likeness (QED) is 0.716. The van der Waals surface area contributed by atoms with Crippen LogP contribution in [0, 0.1) is 11.8 Å². The standard InChI is InChI=1S/C19H21BF3NO4/c20-12-4-5-14(13(9-12)18(26)27)24-17(25)16-7-6-15(28-16)10-2-1-3-11(8-10)19(21,22)23/h5-6,8,11-13,16H,1-4,7,9H2,(H,24,25)(H,26,27). The molecule has 0 saturated heterocycles. The number of allylic oxidation sites excluding steroid dienone is 3. The molecule has 1 aliphatic heterocycles. The minimum absolute atomic E-state index is 0.0526. The lowest BCUT2D eigenvalue weighted by Crippen LogP contribution is -2.39. The number of nitrogens with one attached hydrogen (secondary N) is 1. The van der Waals surface area contributed by atoms with Crippen LogP contribution >= 0.6 is 0 Å². The highest BCUT2D eigenvalue weighted by Crippen LogP contribution is 2.39. The van der Waals surface area contributed by atoms with E-state index in [4.69, 9.17) is 12.6 Å². The van der Waals surface area contributed by atoms with Gasteiger partial charge in [0.15, 0.2) is 6.10 Å². The zero-order valence-electron chi connectivity index (χ0n) is 15.2. The highest BCUT2D eigenvalue weighted by molar-refractivity contribution is 6.12. The van der Waals surface area contributed by atoms with Crippen LogP contribution in [-0.2, 0) is 14.3 Å². The van der Waals surface area contributed by atoms with Crippen molar-refractivity contribution in [3.05, 3.63) is 35.3 Å². The summed E-state index contributed by atoms with van der Waals surface area (Å²) in [7, 11) is 5.78. The van der Waals surface area contributed by atoms with Crippen LogP contribution in [0.3, 0.4) is 0 Å². The largest absolute Gasteiger partial charge is 0.481 e. The number of carbonyl (C=O) groups excluding carboxylic acids is 1. The van der Waals surface area contributed by atoms with E-state index in [0.29, 0.717) is 30.6 Å². The van der Waals surface area contributed by atoms with Gasteiger partial charge in [-0.3, -0.25) is 9.59 Å². The number of ether oxygens (including phenoxy) is 1. The highest BCUT2D eigenvalue weighted by atomic mass is 19.4. The fourth-order valence-corrected chi connectivity index (χ4v) is 3.76. The second kappa shape index (κ2) is 8.05. The fourth-order valence-electron chi connectivity index (χ4n) is 3.76. The molecule has 9 heteroatoms. The molecule has 150 valence electrons. The van der Waals surface area contributed by atoms with Crippen LogP contribution in [0.25, 0.3) is 0 Å². The molecule has 0 aromatic carbocycles. The molecule has 3 rings (SSSR count). The number of carboxylic acid groups (broad SMARTS) is 1. The SMILES string of the molecule is [B]C1CC=C(NC(=O)C2CC=C(C3=CC(C(F)(F)F)CCC3)O2)C(C(=O)O)C1. The van der Waals surface area contributed by atoms with Crippen LogP contribution in [0.4, 0.5) is 13.2 Å². The predicted octanol–water partition coefficient (Wildman–Crippen LogP) is 3.40. The lowest BCUT2D eigenvalue weighted by atomic mass is 9.73. The van der Waals surface area contributed by atoms with Gasteiger partial charge in [-0.1, -0.05) is 18.0 Å². The first-order chi connectivity index (χ1) is 13.1. The highest BCUT2D eigenvalue weighted by Gasteiger charge is 2.40. The second-order valence-corrected chi connectivity index (χ2v) is 7.41. The van der Waals surface area contributed by atoms with Crippen LogP contribution in [0.1, 0.15) is 38.5 Å². The van der Waals surface area contributed by atoms with Gasteiger partial charge in [-0.15, -0.1) is 0 Å². The van der Waals surface area contributed by atoms with Gasteiger partial charge >= 0.3 is 12.1 Å². The average Bonchev–Trinajstić information content (AvgIpc) is 3.13. The molecule has 3 aliphatic rings. The van der Waals surface area contributed by atoms with E-state index < -0.39 is 36.0 Å². The molecule has 0 aromatic rings. The van der Waals surface area contributed by atoms with Crippen molar-refractivity contribution in [2.24, 2.45) is 11.8 Å². The van der Waals surface area contributed by atoms with E-state index in [1.807, 2.05) is 0 Å². The number of rotatable bonds is 4. The van der Waals surface area contributed by atoms with Gasteiger partial charge < -0.3 is 15.2 Å². The number of carbonyl (C=O) groups is 2. The molecule has 28 heavy (non-hydrogen) atoms. The Morgan fingerprint density at radius 1 is 1.25 bits per heavy atom. The third-order valence-corrected chi connectivity index (χ3v) is 5.30. The Labute approximate surface area is 162 Å². The number of alkyl halides is 3. The number of hydrogen-bond donors (Lipinski definition) is 2. The smallest absolute Gasteiger partial charge is 0.395 e. The summed E-state index contributed by atoms with van der Waals surface area (Å²) in [6.07, 6.45) is 1.05. The van der Waals surface area contributed by atoms with Gasteiger partial charge in [0.2, 0.25) is 0 Å². The summed E-state index contributed by atoms with van der Waals surface area (Å²) >= 11 is 0. The predicted molar refractivity (Wildman–Crippen MR) is 95.1 cm³/mol. The van der Waals surface area contributed by atoms with E-state index in [2.05, 4.69) is 5.32 Å². The molecular weight excluding hydrogens is 374 g/mol. The van der Waals surface area contributed by atoms with Gasteiger partial charge in [-0.05, 0) is 43.8 Å². The van der Waals surface area contributed by atoms with Crippen molar-refractivity contribution in [3.63, 3.8) is 0 Å². The lowest BCUT2D eigenvalue weighted by molar-refractivity contribution is -0.164. The van der Waals surface area contributed by atoms with Gasteiger partial charge in [0.05, 0.1) is 19.7 Å². The molecule has 0 spiro atoms. The van der Waals surface area contributed by atoms with Crippen LogP contribution in [0.5, 0.6) is 0 Å². The zero-order chi connectivity index (χ0) is 20.5. The van der Waals surface area contributed by atoms with Crippen LogP contribution in [0.15, 0.2) is 35.3 Å². The molecule has 2 radical (unpaired) electrons. The molecule has 1 amide bonds. The van der Waals surface area contributed by atoms with E-state index in [9.17, 15) is 27.9 Å². The van der Waals surface area contributed by atoms with Crippen molar-refractivity contribution in [1.29, 1.82) is 0 Å². The Morgan fingerprint density at radius 3 is 2.68 bits per heavy atom. The van der Waals surface area contributed by atoms with E-state index in [1.54, 1.807) is 12.2 Å². The second-order valence-electron chi connectivity index (χ2n) is 7.41. The molecule has 0 fully saturated rings. The van der Waals surface area contributed by atoms with Crippen molar-refractivity contribution in [3.8, 4) is 0 Å². The third kappa shape index (κ3) is 4.62. The molecule has 4 unspecified atom stereocenters. The zero-order valence-corrected chi connectivity index (χ0v) is 15.2. The van der Waals surface area contributed by atoms with Crippen molar-refractivity contribution in [1.82, 2.24) is 5.32 Å². The third-order valence-electron chi connectivity index (χ3n) is 5.30. The summed E-state index contributed by atoms with van der Waals surface area (Å²) in [6.45, 7) is 0. The first-order valence-electron chi connectivity index (χ1n) is 9.29. The van der Waals surface area contributed by atoms with Gasteiger partial charge in [0.25, 0.3) is 5.91 Å². The fraction of sp³-hybridized carbons (Fsp3) is 0.579. The maximum Gasteiger partial charge on any atom is 0.395 e. The first-order valence-corrected chi connectivity index (χ1v) is 9.29. The van der Waals surface area contributed by atoms with E-state index in [0.717, 1.165) is 0 Å².